The number of likely N-dealkylation sites (tertiary alicyclic amines) is 1. The van der Waals surface area contributed by atoms with E-state index in [1.807, 2.05) is 12.1 Å². The van der Waals surface area contributed by atoms with E-state index >= 15 is 0 Å². The number of piperidine rings is 1. The van der Waals surface area contributed by atoms with Gasteiger partial charge in [-0.2, -0.15) is 13.2 Å². The first-order valence-corrected chi connectivity index (χ1v) is 12.1. The fraction of sp³-hybridized carbons (Fsp3) is 0.600. The Bertz CT molecular complexity index is 916. The minimum atomic E-state index is -4.52. The van der Waals surface area contributed by atoms with Crippen LogP contribution in [0.5, 0.6) is 0 Å². The van der Waals surface area contributed by atoms with Crippen molar-refractivity contribution in [2.45, 2.75) is 57.9 Å². The van der Waals surface area contributed by atoms with Crippen LogP contribution in [-0.4, -0.2) is 64.6 Å². The number of halogens is 4. The van der Waals surface area contributed by atoms with E-state index in [1.54, 1.807) is 6.07 Å². The zero-order valence-electron chi connectivity index (χ0n) is 19.8. The Morgan fingerprint density at radius 1 is 0.971 bits per heavy atom. The maximum absolute atomic E-state index is 13.9. The third-order valence-corrected chi connectivity index (χ3v) is 7.21. The minimum Gasteiger partial charge on any atom is -0.366 e. The van der Waals surface area contributed by atoms with Gasteiger partial charge in [-0.3, -0.25) is 9.80 Å². The molecule has 1 aromatic carbocycles. The lowest BCUT2D eigenvalue weighted by atomic mass is 9.92. The first-order chi connectivity index (χ1) is 16.2. The summed E-state index contributed by atoms with van der Waals surface area (Å²) in [5.41, 5.74) is 1.40. The smallest absolute Gasteiger partial charge is 0.366 e. The van der Waals surface area contributed by atoms with Crippen LogP contribution in [0.2, 0.25) is 0 Å². The second-order valence-corrected chi connectivity index (χ2v) is 9.70. The van der Waals surface area contributed by atoms with Gasteiger partial charge in [-0.1, -0.05) is 18.2 Å². The molecule has 3 heterocycles. The predicted octanol–water partition coefficient (Wildman–Crippen LogP) is 4.84. The normalized spacial score (nSPS) is 23.4. The van der Waals surface area contributed by atoms with Crippen molar-refractivity contribution in [3.8, 4) is 0 Å². The molecule has 0 saturated carbocycles. The number of anilines is 1. The Morgan fingerprint density at radius 3 is 2.18 bits per heavy atom. The molecule has 5 nitrogen and oxygen atoms in total. The summed E-state index contributed by atoms with van der Waals surface area (Å²) in [5.74, 6) is -0.567. The van der Waals surface area contributed by atoms with Crippen LogP contribution in [0.4, 0.5) is 23.2 Å². The lowest BCUT2D eigenvalue weighted by Crippen LogP contribution is -2.57. The molecule has 0 aliphatic carbocycles. The highest BCUT2D eigenvalue weighted by atomic mass is 19.4. The molecule has 0 unspecified atom stereocenters. The largest absolute Gasteiger partial charge is 0.451 e. The number of alkyl halides is 3. The molecule has 2 fully saturated rings. The Balaban J connectivity index is 1.24. The molecule has 186 valence electrons. The van der Waals surface area contributed by atoms with Crippen LogP contribution in [0.3, 0.4) is 0 Å². The van der Waals surface area contributed by atoms with Gasteiger partial charge in [0.05, 0.1) is 18.1 Å². The molecule has 2 aliphatic heterocycles. The zero-order valence-corrected chi connectivity index (χ0v) is 19.8. The third kappa shape index (κ3) is 6.05. The van der Waals surface area contributed by atoms with Crippen LogP contribution in [0, 0.1) is 11.7 Å². The standard InChI is InChI=1S/C25H33F4N5/c1-18-15-33(22-13-30-24(31-14-22)25(27,28)29)16-19(2)34(18)12-9-20-7-10-32(11-8-20)17-21-5-3-4-6-23(21)26/h3-6,13-14,18-20H,7-12,15-17H2,1-2H3/t18-,19+. The van der Waals surface area contributed by atoms with Crippen LogP contribution in [0.15, 0.2) is 36.7 Å². The molecule has 2 aromatic rings. The summed E-state index contributed by atoms with van der Waals surface area (Å²) in [6.45, 7) is 9.48. The van der Waals surface area contributed by atoms with Gasteiger partial charge in [0.15, 0.2) is 0 Å². The highest BCUT2D eigenvalue weighted by Gasteiger charge is 2.35. The fourth-order valence-electron chi connectivity index (χ4n) is 5.27. The van der Waals surface area contributed by atoms with Gasteiger partial charge in [0.2, 0.25) is 5.82 Å². The summed E-state index contributed by atoms with van der Waals surface area (Å²) >= 11 is 0. The molecule has 0 amide bonds. The van der Waals surface area contributed by atoms with Gasteiger partial charge < -0.3 is 4.90 Å². The number of rotatable bonds is 6. The van der Waals surface area contributed by atoms with E-state index in [1.165, 1.54) is 18.5 Å². The van der Waals surface area contributed by atoms with Crippen molar-refractivity contribution in [2.75, 3.05) is 37.6 Å². The van der Waals surface area contributed by atoms with E-state index in [-0.39, 0.29) is 17.9 Å². The SMILES string of the molecule is C[C@@H]1CN(c2cnc(C(F)(F)F)nc2)C[C@H](C)N1CCC1CCN(Cc2ccccc2F)CC1. The molecule has 4 rings (SSSR count). The molecule has 34 heavy (non-hydrogen) atoms. The Hall–Kier alpha value is -2.26. The summed E-state index contributed by atoms with van der Waals surface area (Å²) in [7, 11) is 0. The lowest BCUT2D eigenvalue weighted by molar-refractivity contribution is -0.145. The van der Waals surface area contributed by atoms with Gasteiger partial charge in [0.25, 0.3) is 0 Å². The number of aromatic nitrogens is 2. The molecule has 0 bridgehead atoms. The van der Waals surface area contributed by atoms with Crippen molar-refractivity contribution in [3.63, 3.8) is 0 Å². The quantitative estimate of drug-likeness (QED) is 0.555. The number of piperazine rings is 1. The van der Waals surface area contributed by atoms with Gasteiger partial charge in [0, 0.05) is 37.3 Å². The van der Waals surface area contributed by atoms with E-state index in [2.05, 4.69) is 38.5 Å². The number of hydrogen-bond donors (Lipinski definition) is 0. The van der Waals surface area contributed by atoms with E-state index in [4.69, 9.17) is 0 Å². The molecule has 9 heteroatoms. The van der Waals surface area contributed by atoms with Gasteiger partial charge in [-0.15, -0.1) is 0 Å². The van der Waals surface area contributed by atoms with Crippen molar-refractivity contribution in [3.05, 3.63) is 53.9 Å². The van der Waals surface area contributed by atoms with Crippen LogP contribution >= 0.6 is 0 Å². The Labute approximate surface area is 198 Å². The summed E-state index contributed by atoms with van der Waals surface area (Å²) in [5, 5.41) is 0. The van der Waals surface area contributed by atoms with Crippen LogP contribution < -0.4 is 4.90 Å². The lowest BCUT2D eigenvalue weighted by Gasteiger charge is -2.46. The topological polar surface area (TPSA) is 35.5 Å². The van der Waals surface area contributed by atoms with Gasteiger partial charge >= 0.3 is 6.18 Å². The Kier molecular flexibility index (Phi) is 7.72. The van der Waals surface area contributed by atoms with Crippen molar-refractivity contribution in [1.29, 1.82) is 0 Å². The van der Waals surface area contributed by atoms with Crippen molar-refractivity contribution >= 4 is 5.69 Å². The predicted molar refractivity (Wildman–Crippen MR) is 124 cm³/mol. The molecule has 0 N–H and O–H groups in total. The first-order valence-electron chi connectivity index (χ1n) is 12.1. The third-order valence-electron chi connectivity index (χ3n) is 7.21. The number of nitrogens with zero attached hydrogens (tertiary/aromatic N) is 5. The summed E-state index contributed by atoms with van der Waals surface area (Å²) < 4.78 is 52.2. The molecule has 2 aliphatic rings. The first kappa shape index (κ1) is 24.9. The van der Waals surface area contributed by atoms with Crippen LogP contribution in [0.25, 0.3) is 0 Å². The molecule has 0 spiro atoms. The van der Waals surface area contributed by atoms with Crippen molar-refractivity contribution < 1.29 is 17.6 Å². The van der Waals surface area contributed by atoms with Crippen molar-refractivity contribution in [2.24, 2.45) is 5.92 Å². The van der Waals surface area contributed by atoms with E-state index in [0.29, 0.717) is 18.2 Å². The number of benzene rings is 1. The second kappa shape index (κ2) is 10.6. The second-order valence-electron chi connectivity index (χ2n) is 9.70. The van der Waals surface area contributed by atoms with Gasteiger partial charge in [-0.25, -0.2) is 14.4 Å². The van der Waals surface area contributed by atoms with Crippen molar-refractivity contribution in [1.82, 2.24) is 19.8 Å². The van der Waals surface area contributed by atoms with E-state index < -0.39 is 12.0 Å². The minimum absolute atomic E-state index is 0.130. The molecule has 2 atom stereocenters. The molecule has 0 radical (unpaired) electrons. The maximum atomic E-state index is 13.9. The van der Waals surface area contributed by atoms with Gasteiger partial charge in [-0.05, 0) is 64.7 Å². The summed E-state index contributed by atoms with van der Waals surface area (Å²) in [4.78, 5) is 13.9. The summed E-state index contributed by atoms with van der Waals surface area (Å²) in [6, 6.07) is 7.57. The fourth-order valence-corrected chi connectivity index (χ4v) is 5.27. The summed E-state index contributed by atoms with van der Waals surface area (Å²) in [6.07, 6.45) is 1.41. The average molecular weight is 480 g/mol. The molecule has 2 saturated heterocycles. The van der Waals surface area contributed by atoms with Crippen LogP contribution in [0.1, 0.15) is 44.5 Å². The zero-order chi connectivity index (χ0) is 24.3. The molecule has 1 aromatic heterocycles. The monoisotopic (exact) mass is 479 g/mol. The van der Waals surface area contributed by atoms with E-state index in [9.17, 15) is 17.6 Å². The maximum Gasteiger partial charge on any atom is 0.451 e. The highest BCUT2D eigenvalue weighted by molar-refractivity contribution is 5.43. The Morgan fingerprint density at radius 2 is 1.59 bits per heavy atom. The molecular formula is C25H33F4N5. The van der Waals surface area contributed by atoms with Crippen LogP contribution in [-0.2, 0) is 12.7 Å². The molecular weight excluding hydrogens is 446 g/mol. The highest BCUT2D eigenvalue weighted by Crippen LogP contribution is 2.29. The van der Waals surface area contributed by atoms with E-state index in [0.717, 1.165) is 57.5 Å². The number of hydrogen-bond acceptors (Lipinski definition) is 5. The average Bonchev–Trinajstić information content (AvgIpc) is 2.80. The van der Waals surface area contributed by atoms with Gasteiger partial charge in [0.1, 0.15) is 5.82 Å².